The van der Waals surface area contributed by atoms with Gasteiger partial charge in [0, 0.05) is 38.5 Å². The lowest BCUT2D eigenvalue weighted by Crippen LogP contribution is -2.18. The van der Waals surface area contributed by atoms with Crippen molar-refractivity contribution in [2.45, 2.75) is 43.4 Å². The molecule has 0 spiro atoms. The molecule has 0 unspecified atom stereocenters. The summed E-state index contributed by atoms with van der Waals surface area (Å²) in [5.74, 6) is 0.586. The van der Waals surface area contributed by atoms with Crippen molar-refractivity contribution >= 4 is 56.5 Å². The molecule has 3 rings (SSSR count). The molecule has 0 bridgehead atoms. The molecule has 6 heteroatoms. The first-order valence-electron chi connectivity index (χ1n) is 9.28. The second-order valence-corrected chi connectivity index (χ2v) is 9.28. The fourth-order valence-corrected chi connectivity index (χ4v) is 6.19. The third-order valence-electron chi connectivity index (χ3n) is 5.00. The number of hydrogen-bond donors (Lipinski definition) is 1. The number of carboxylic acid groups (broad SMARTS) is 1. The quantitative estimate of drug-likeness (QED) is 0.353. The normalized spacial score (nSPS) is 19.2. The standard InChI is InChI=1S/C21H23ClO3S2/c22-16-13-27-19-8-5-7-18(21(16)19)26-12-15-14(10-11-17(15)23)6-3-1-2-4-9-20(24)25/h5,7-8,10-11,13-15H,1-4,6,9,12H2,(H,24,25)/t14-,15+/m0/s1. The number of unbranched alkanes of at least 4 members (excludes halogenated alkanes) is 3. The van der Waals surface area contributed by atoms with Crippen LogP contribution in [0.3, 0.4) is 0 Å². The van der Waals surface area contributed by atoms with Gasteiger partial charge in [0.15, 0.2) is 5.78 Å². The molecular formula is C21H23ClO3S2. The van der Waals surface area contributed by atoms with Gasteiger partial charge in [0.1, 0.15) is 0 Å². The third kappa shape index (κ3) is 5.37. The first kappa shape index (κ1) is 20.4. The minimum absolute atomic E-state index is 0.0293. The molecule has 0 amide bonds. The lowest BCUT2D eigenvalue weighted by molar-refractivity contribution is -0.137. The van der Waals surface area contributed by atoms with E-state index in [1.54, 1.807) is 29.2 Å². The smallest absolute Gasteiger partial charge is 0.303 e. The Balaban J connectivity index is 1.51. The molecule has 1 aliphatic rings. The van der Waals surface area contributed by atoms with Crippen LogP contribution in [0.2, 0.25) is 5.02 Å². The average molecular weight is 423 g/mol. The van der Waals surface area contributed by atoms with Crippen LogP contribution < -0.4 is 0 Å². The molecule has 1 aromatic heterocycles. The van der Waals surface area contributed by atoms with Crippen molar-refractivity contribution in [2.24, 2.45) is 11.8 Å². The minimum Gasteiger partial charge on any atom is -0.481 e. The van der Waals surface area contributed by atoms with Gasteiger partial charge in [-0.2, -0.15) is 0 Å². The Morgan fingerprint density at radius 3 is 2.85 bits per heavy atom. The summed E-state index contributed by atoms with van der Waals surface area (Å²) < 4.78 is 1.18. The van der Waals surface area contributed by atoms with Crippen molar-refractivity contribution in [3.8, 4) is 0 Å². The van der Waals surface area contributed by atoms with E-state index in [9.17, 15) is 9.59 Å². The van der Waals surface area contributed by atoms with Crippen molar-refractivity contribution in [1.82, 2.24) is 0 Å². The average Bonchev–Trinajstić information content (AvgIpc) is 3.19. The summed E-state index contributed by atoms with van der Waals surface area (Å²) in [6.45, 7) is 0. The number of ketones is 1. The summed E-state index contributed by atoms with van der Waals surface area (Å²) in [6, 6.07) is 6.20. The van der Waals surface area contributed by atoms with Crippen LogP contribution in [0.1, 0.15) is 38.5 Å². The molecule has 27 heavy (non-hydrogen) atoms. The number of rotatable bonds is 10. The molecule has 1 aromatic carbocycles. The number of aliphatic carboxylic acids is 1. The van der Waals surface area contributed by atoms with E-state index in [4.69, 9.17) is 16.7 Å². The Kier molecular flexibility index (Phi) is 7.39. The molecular weight excluding hydrogens is 400 g/mol. The van der Waals surface area contributed by atoms with Crippen LogP contribution >= 0.6 is 34.7 Å². The molecule has 0 aliphatic heterocycles. The van der Waals surface area contributed by atoms with Crippen LogP contribution in [0.5, 0.6) is 0 Å². The number of benzene rings is 1. The summed E-state index contributed by atoms with van der Waals surface area (Å²) >= 11 is 9.71. The number of carbonyl (C=O) groups is 2. The second kappa shape index (κ2) is 9.76. The highest BCUT2D eigenvalue weighted by atomic mass is 35.5. The highest BCUT2D eigenvalue weighted by Crippen LogP contribution is 2.39. The molecule has 1 aliphatic carbocycles. The largest absolute Gasteiger partial charge is 0.481 e. The van der Waals surface area contributed by atoms with Crippen molar-refractivity contribution in [2.75, 3.05) is 5.75 Å². The van der Waals surface area contributed by atoms with Gasteiger partial charge in [-0.1, -0.05) is 43.0 Å². The van der Waals surface area contributed by atoms with Gasteiger partial charge in [-0.3, -0.25) is 9.59 Å². The molecule has 3 nitrogen and oxygen atoms in total. The van der Waals surface area contributed by atoms with Gasteiger partial charge in [0.2, 0.25) is 0 Å². The zero-order valence-electron chi connectivity index (χ0n) is 15.0. The number of halogens is 1. The Morgan fingerprint density at radius 1 is 1.22 bits per heavy atom. The van der Waals surface area contributed by atoms with Crippen molar-refractivity contribution in [1.29, 1.82) is 0 Å². The van der Waals surface area contributed by atoms with Gasteiger partial charge in [-0.05, 0) is 37.0 Å². The van der Waals surface area contributed by atoms with Crippen molar-refractivity contribution in [3.05, 3.63) is 40.8 Å². The zero-order chi connectivity index (χ0) is 19.2. The summed E-state index contributed by atoms with van der Waals surface area (Å²) in [5, 5.41) is 12.5. The molecule has 2 atom stereocenters. The fraction of sp³-hybridized carbons (Fsp3) is 0.429. The lowest BCUT2D eigenvalue weighted by Gasteiger charge is -2.18. The van der Waals surface area contributed by atoms with Crippen molar-refractivity contribution < 1.29 is 14.7 Å². The summed E-state index contributed by atoms with van der Waals surface area (Å²) in [6.07, 6.45) is 8.77. The highest BCUT2D eigenvalue weighted by Gasteiger charge is 2.29. The second-order valence-electron chi connectivity index (χ2n) is 6.90. The predicted molar refractivity (Wildman–Crippen MR) is 114 cm³/mol. The molecule has 0 saturated carbocycles. The van der Waals surface area contributed by atoms with E-state index in [2.05, 4.69) is 18.2 Å². The van der Waals surface area contributed by atoms with Crippen LogP contribution in [0, 0.1) is 11.8 Å². The number of thiophene rings is 1. The van der Waals surface area contributed by atoms with Crippen molar-refractivity contribution in [3.63, 3.8) is 0 Å². The van der Waals surface area contributed by atoms with Gasteiger partial charge in [-0.25, -0.2) is 0 Å². The number of thioether (sulfide) groups is 1. The Bertz CT molecular complexity index is 843. The number of carboxylic acids is 1. The van der Waals surface area contributed by atoms with Crippen LogP contribution in [-0.4, -0.2) is 22.6 Å². The predicted octanol–water partition coefficient (Wildman–Crippen LogP) is 6.44. The topological polar surface area (TPSA) is 54.4 Å². The zero-order valence-corrected chi connectivity index (χ0v) is 17.4. The number of carbonyl (C=O) groups excluding carboxylic acids is 1. The first-order valence-corrected chi connectivity index (χ1v) is 11.5. The Morgan fingerprint density at radius 2 is 2.04 bits per heavy atom. The van der Waals surface area contributed by atoms with E-state index in [0.29, 0.717) is 5.92 Å². The molecule has 0 radical (unpaired) electrons. The van der Waals surface area contributed by atoms with E-state index in [-0.39, 0.29) is 18.1 Å². The molecule has 0 fully saturated rings. The van der Waals surface area contributed by atoms with Crippen LogP contribution in [0.4, 0.5) is 0 Å². The van der Waals surface area contributed by atoms with Crippen LogP contribution in [0.25, 0.3) is 10.1 Å². The maximum atomic E-state index is 12.3. The monoisotopic (exact) mass is 422 g/mol. The van der Waals surface area contributed by atoms with Gasteiger partial charge >= 0.3 is 5.97 Å². The third-order valence-corrected chi connectivity index (χ3v) is 7.55. The number of hydrogen-bond acceptors (Lipinski definition) is 4. The SMILES string of the molecule is O=C(O)CCCCCC[C@H]1C=CC(=O)[C@@H]1CSc1cccc2scc(Cl)c12. The van der Waals surface area contributed by atoms with Gasteiger partial charge in [-0.15, -0.1) is 23.1 Å². The maximum Gasteiger partial charge on any atom is 0.303 e. The fourth-order valence-electron chi connectivity index (χ4n) is 3.52. The summed E-state index contributed by atoms with van der Waals surface area (Å²) in [7, 11) is 0. The Hall–Kier alpha value is -1.30. The lowest BCUT2D eigenvalue weighted by atomic mass is 9.91. The van der Waals surface area contributed by atoms with E-state index in [1.807, 2.05) is 11.4 Å². The van der Waals surface area contributed by atoms with E-state index in [1.165, 1.54) is 4.70 Å². The van der Waals surface area contributed by atoms with E-state index < -0.39 is 5.97 Å². The molecule has 0 saturated heterocycles. The molecule has 1 heterocycles. The van der Waals surface area contributed by atoms with E-state index >= 15 is 0 Å². The summed E-state index contributed by atoms with van der Waals surface area (Å²) in [4.78, 5) is 24.0. The summed E-state index contributed by atoms with van der Waals surface area (Å²) in [5.41, 5.74) is 0. The maximum absolute atomic E-state index is 12.3. The minimum atomic E-state index is -0.725. The van der Waals surface area contributed by atoms with Crippen LogP contribution in [0.15, 0.2) is 40.6 Å². The molecule has 2 aromatic rings. The first-order chi connectivity index (χ1) is 13.1. The van der Waals surface area contributed by atoms with Gasteiger partial charge < -0.3 is 5.11 Å². The van der Waals surface area contributed by atoms with E-state index in [0.717, 1.165) is 53.2 Å². The van der Waals surface area contributed by atoms with Crippen LogP contribution in [-0.2, 0) is 9.59 Å². The molecule has 144 valence electrons. The number of allylic oxidation sites excluding steroid dienone is 2. The number of fused-ring (bicyclic) bond motifs is 1. The van der Waals surface area contributed by atoms with Gasteiger partial charge in [0.05, 0.1) is 5.02 Å². The van der Waals surface area contributed by atoms with Gasteiger partial charge in [0.25, 0.3) is 0 Å². The molecule has 1 N–H and O–H groups in total. The Labute approximate surface area is 172 Å². The highest BCUT2D eigenvalue weighted by molar-refractivity contribution is 7.99.